The van der Waals surface area contributed by atoms with Crippen LogP contribution in [0.5, 0.6) is 0 Å². The third-order valence-corrected chi connectivity index (χ3v) is 3.89. The molecule has 20 heavy (non-hydrogen) atoms. The van der Waals surface area contributed by atoms with Gasteiger partial charge >= 0.3 is 0 Å². The predicted octanol–water partition coefficient (Wildman–Crippen LogP) is 0.0193. The van der Waals surface area contributed by atoms with E-state index in [1.807, 2.05) is 0 Å². The van der Waals surface area contributed by atoms with Gasteiger partial charge in [-0.25, -0.2) is 0 Å². The second-order valence-corrected chi connectivity index (χ2v) is 5.45. The molecule has 1 aliphatic heterocycles. The van der Waals surface area contributed by atoms with Gasteiger partial charge in [-0.2, -0.15) is 0 Å². The van der Waals surface area contributed by atoms with Crippen molar-refractivity contribution in [2.45, 2.75) is 70.2 Å². The van der Waals surface area contributed by atoms with Crippen LogP contribution in [0.1, 0.15) is 39.5 Å². The van der Waals surface area contributed by atoms with Crippen molar-refractivity contribution in [3.05, 3.63) is 0 Å². The lowest BCUT2D eigenvalue weighted by Crippen LogP contribution is -2.59. The van der Waals surface area contributed by atoms with Crippen LogP contribution in [-0.4, -0.2) is 64.3 Å². The van der Waals surface area contributed by atoms with Gasteiger partial charge < -0.3 is 29.9 Å². The van der Waals surface area contributed by atoms with E-state index in [0.29, 0.717) is 12.5 Å². The molecule has 6 atom stereocenters. The third kappa shape index (κ3) is 4.65. The van der Waals surface area contributed by atoms with Gasteiger partial charge in [0.25, 0.3) is 0 Å². The average Bonchev–Trinajstić information content (AvgIpc) is 2.47. The first-order chi connectivity index (χ1) is 9.54. The fourth-order valence-corrected chi connectivity index (χ4v) is 2.33. The predicted molar refractivity (Wildman–Crippen MR) is 73.0 cm³/mol. The summed E-state index contributed by atoms with van der Waals surface area (Å²) in [6.45, 7) is 4.21. The molecule has 1 heterocycles. The maximum atomic E-state index is 9.84. The summed E-state index contributed by atoms with van der Waals surface area (Å²) >= 11 is 0. The van der Waals surface area contributed by atoms with Crippen molar-refractivity contribution < 1.29 is 29.9 Å². The smallest absolute Gasteiger partial charge is 0.186 e. The van der Waals surface area contributed by atoms with Gasteiger partial charge in [-0.15, -0.1) is 0 Å². The number of unbranched alkanes of at least 4 members (excludes halogenated alkanes) is 1. The fourth-order valence-electron chi connectivity index (χ4n) is 2.33. The van der Waals surface area contributed by atoms with Crippen molar-refractivity contribution >= 4 is 0 Å². The van der Waals surface area contributed by atoms with Crippen LogP contribution in [0.25, 0.3) is 0 Å². The van der Waals surface area contributed by atoms with Crippen LogP contribution in [0.2, 0.25) is 0 Å². The van der Waals surface area contributed by atoms with E-state index < -0.39 is 37.3 Å². The van der Waals surface area contributed by atoms with Crippen molar-refractivity contribution in [1.82, 2.24) is 0 Å². The topological polar surface area (TPSA) is 99.4 Å². The average molecular weight is 292 g/mol. The maximum absolute atomic E-state index is 9.84. The Labute approximate surface area is 120 Å². The lowest BCUT2D eigenvalue weighted by atomic mass is 9.98. The Morgan fingerprint density at radius 2 is 1.80 bits per heavy atom. The summed E-state index contributed by atoms with van der Waals surface area (Å²) in [5.74, 6) is 0.377. The molecule has 0 aromatic heterocycles. The molecule has 6 heteroatoms. The summed E-state index contributed by atoms with van der Waals surface area (Å²) in [4.78, 5) is 0. The Bertz CT molecular complexity index is 260. The zero-order valence-electron chi connectivity index (χ0n) is 12.3. The first-order valence-corrected chi connectivity index (χ1v) is 7.47. The molecule has 1 aliphatic rings. The van der Waals surface area contributed by atoms with Gasteiger partial charge in [0.2, 0.25) is 0 Å². The largest absolute Gasteiger partial charge is 0.394 e. The number of hydrogen-bond donors (Lipinski definition) is 4. The molecule has 1 saturated heterocycles. The normalized spacial score (nSPS) is 36.0. The van der Waals surface area contributed by atoms with Gasteiger partial charge in [0.15, 0.2) is 6.29 Å². The molecule has 1 rings (SSSR count). The highest BCUT2D eigenvalue weighted by Crippen LogP contribution is 2.23. The van der Waals surface area contributed by atoms with E-state index in [4.69, 9.17) is 14.6 Å². The number of rotatable bonds is 8. The second-order valence-electron chi connectivity index (χ2n) is 5.45. The van der Waals surface area contributed by atoms with Crippen molar-refractivity contribution in [1.29, 1.82) is 0 Å². The summed E-state index contributed by atoms with van der Waals surface area (Å²) in [6.07, 6.45) is -1.68. The van der Waals surface area contributed by atoms with Crippen molar-refractivity contribution in [2.75, 3.05) is 13.2 Å². The minimum atomic E-state index is -1.37. The van der Waals surface area contributed by atoms with Crippen LogP contribution < -0.4 is 0 Å². The minimum Gasteiger partial charge on any atom is -0.394 e. The molecule has 0 radical (unpaired) electrons. The summed E-state index contributed by atoms with van der Waals surface area (Å²) in [6, 6.07) is 0. The van der Waals surface area contributed by atoms with Gasteiger partial charge in [-0.3, -0.25) is 0 Å². The van der Waals surface area contributed by atoms with Gasteiger partial charge in [0.05, 0.1) is 13.2 Å². The van der Waals surface area contributed by atoms with E-state index in [9.17, 15) is 15.3 Å². The van der Waals surface area contributed by atoms with Gasteiger partial charge in [-0.05, 0) is 12.3 Å². The molecule has 0 bridgehead atoms. The molecule has 0 aliphatic carbocycles. The molecule has 0 aromatic carbocycles. The quantitative estimate of drug-likeness (QED) is 0.503. The summed E-state index contributed by atoms with van der Waals surface area (Å²) in [5.41, 5.74) is 0. The molecular formula is C14H28O6. The third-order valence-electron chi connectivity index (χ3n) is 3.89. The molecule has 0 saturated carbocycles. The molecule has 0 amide bonds. The Kier molecular flexibility index (Phi) is 7.94. The zero-order valence-corrected chi connectivity index (χ0v) is 12.3. The molecule has 6 unspecified atom stereocenters. The Balaban J connectivity index is 2.48. The molecular weight excluding hydrogens is 264 g/mol. The van der Waals surface area contributed by atoms with Crippen LogP contribution in [0.15, 0.2) is 0 Å². The highest BCUT2D eigenvalue weighted by atomic mass is 16.7. The Morgan fingerprint density at radius 1 is 1.10 bits per heavy atom. The van der Waals surface area contributed by atoms with Gasteiger partial charge in [0, 0.05) is 0 Å². The van der Waals surface area contributed by atoms with Crippen LogP contribution in [-0.2, 0) is 9.47 Å². The van der Waals surface area contributed by atoms with Gasteiger partial charge in [0.1, 0.15) is 24.4 Å². The fraction of sp³-hybridized carbons (Fsp3) is 1.00. The van der Waals surface area contributed by atoms with E-state index in [0.717, 1.165) is 25.7 Å². The maximum Gasteiger partial charge on any atom is 0.186 e. The monoisotopic (exact) mass is 292 g/mol. The first-order valence-electron chi connectivity index (χ1n) is 7.47. The lowest BCUT2D eigenvalue weighted by molar-refractivity contribution is -0.303. The number of aliphatic hydroxyl groups excluding tert-OH is 4. The number of ether oxygens (including phenoxy) is 2. The SMILES string of the molecule is CCCCC(CC)COC1OC(CO)C(O)C(O)C1O. The zero-order chi connectivity index (χ0) is 15.1. The lowest BCUT2D eigenvalue weighted by Gasteiger charge is -2.40. The van der Waals surface area contributed by atoms with Gasteiger partial charge in [-0.1, -0.05) is 33.1 Å². The Hall–Kier alpha value is -0.240. The Morgan fingerprint density at radius 3 is 2.35 bits per heavy atom. The number of aliphatic hydroxyl groups is 4. The second kappa shape index (κ2) is 8.92. The number of hydrogen-bond acceptors (Lipinski definition) is 6. The van der Waals surface area contributed by atoms with Crippen molar-refractivity contribution in [3.8, 4) is 0 Å². The van der Waals surface area contributed by atoms with E-state index in [2.05, 4.69) is 13.8 Å². The standard InChI is InChI=1S/C14H28O6/c1-3-5-6-9(4-2)8-19-14-13(18)12(17)11(16)10(7-15)20-14/h9-18H,3-8H2,1-2H3. The van der Waals surface area contributed by atoms with Crippen LogP contribution >= 0.6 is 0 Å². The summed E-state index contributed by atoms with van der Waals surface area (Å²) in [5, 5.41) is 38.3. The van der Waals surface area contributed by atoms with Crippen LogP contribution in [0, 0.1) is 5.92 Å². The molecule has 0 spiro atoms. The summed E-state index contributed by atoms with van der Waals surface area (Å²) < 4.78 is 10.8. The van der Waals surface area contributed by atoms with E-state index in [-0.39, 0.29) is 0 Å². The molecule has 120 valence electrons. The molecule has 0 aromatic rings. The highest BCUT2D eigenvalue weighted by Gasteiger charge is 2.44. The van der Waals surface area contributed by atoms with Crippen LogP contribution in [0.3, 0.4) is 0 Å². The van der Waals surface area contributed by atoms with Crippen molar-refractivity contribution in [3.63, 3.8) is 0 Å². The minimum absolute atomic E-state index is 0.377. The van der Waals surface area contributed by atoms with Crippen molar-refractivity contribution in [2.24, 2.45) is 5.92 Å². The highest BCUT2D eigenvalue weighted by molar-refractivity contribution is 4.88. The van der Waals surface area contributed by atoms with E-state index in [1.165, 1.54) is 0 Å². The summed E-state index contributed by atoms with van der Waals surface area (Å²) in [7, 11) is 0. The molecule has 6 nitrogen and oxygen atoms in total. The molecule has 1 fully saturated rings. The van der Waals surface area contributed by atoms with Crippen LogP contribution in [0.4, 0.5) is 0 Å². The first kappa shape index (κ1) is 17.8. The van der Waals surface area contributed by atoms with E-state index in [1.54, 1.807) is 0 Å². The molecule has 4 N–H and O–H groups in total. The van der Waals surface area contributed by atoms with E-state index >= 15 is 0 Å².